The third-order valence-electron chi connectivity index (χ3n) is 5.19. The molecule has 1 saturated heterocycles. The lowest BCUT2D eigenvalue weighted by Gasteiger charge is -2.21. The normalized spacial score (nSPS) is 16.8. The molecule has 2 amide bonds. The highest BCUT2D eigenvalue weighted by Gasteiger charge is 2.31. The summed E-state index contributed by atoms with van der Waals surface area (Å²) in [6.07, 6.45) is 3.66. The number of amides is 2. The van der Waals surface area contributed by atoms with Crippen LogP contribution in [0.15, 0.2) is 23.0 Å². The van der Waals surface area contributed by atoms with E-state index in [1.54, 1.807) is 11.6 Å². The van der Waals surface area contributed by atoms with E-state index in [1.807, 2.05) is 18.2 Å². The molecular formula is C21H27N3O6. The van der Waals surface area contributed by atoms with Crippen LogP contribution in [0.25, 0.3) is 11.0 Å². The van der Waals surface area contributed by atoms with E-state index in [-0.39, 0.29) is 24.6 Å². The third kappa shape index (κ3) is 5.03. The van der Waals surface area contributed by atoms with Gasteiger partial charge in [0.05, 0.1) is 11.0 Å². The number of carbonyl (C=O) groups is 3. The molecule has 1 aliphatic rings. The number of nitrogens with zero attached hydrogens (tertiary/aromatic N) is 2. The first-order chi connectivity index (χ1) is 14.5. The van der Waals surface area contributed by atoms with Gasteiger partial charge in [-0.3, -0.25) is 24.0 Å². The molecule has 0 saturated carbocycles. The van der Waals surface area contributed by atoms with Crippen LogP contribution in [-0.2, 0) is 37.3 Å². The Morgan fingerprint density at radius 3 is 2.63 bits per heavy atom. The van der Waals surface area contributed by atoms with Gasteiger partial charge in [-0.15, -0.1) is 0 Å². The number of imidazole rings is 1. The molecule has 1 aliphatic heterocycles. The van der Waals surface area contributed by atoms with Crippen LogP contribution in [0.2, 0.25) is 0 Å². The first kappa shape index (κ1) is 21.9. The van der Waals surface area contributed by atoms with Crippen LogP contribution in [0, 0.1) is 0 Å². The van der Waals surface area contributed by atoms with E-state index in [2.05, 4.69) is 5.32 Å². The van der Waals surface area contributed by atoms with E-state index in [4.69, 9.17) is 9.47 Å². The van der Waals surface area contributed by atoms with E-state index in [0.717, 1.165) is 36.6 Å². The first-order valence-electron chi connectivity index (χ1n) is 10.2. The molecule has 1 atom stereocenters. The lowest BCUT2D eigenvalue weighted by atomic mass is 10.1. The van der Waals surface area contributed by atoms with Gasteiger partial charge in [0.25, 0.3) is 0 Å². The molecule has 2 aromatic rings. The Bertz CT molecular complexity index is 977. The second kappa shape index (κ2) is 10.3. The van der Waals surface area contributed by atoms with Crippen molar-refractivity contribution in [3.63, 3.8) is 0 Å². The molecule has 0 bridgehead atoms. The van der Waals surface area contributed by atoms with Crippen molar-refractivity contribution < 1.29 is 23.9 Å². The maximum atomic E-state index is 12.8. The molecule has 3 rings (SSSR count). The van der Waals surface area contributed by atoms with Crippen LogP contribution in [0.3, 0.4) is 0 Å². The molecule has 1 unspecified atom stereocenters. The summed E-state index contributed by atoms with van der Waals surface area (Å²) in [7, 11) is 1.69. The zero-order valence-corrected chi connectivity index (χ0v) is 17.1. The minimum Gasteiger partial charge on any atom is -0.381 e. The molecule has 30 heavy (non-hydrogen) atoms. The summed E-state index contributed by atoms with van der Waals surface area (Å²) in [5.74, 6) is -0.735. The molecular weight excluding hydrogens is 390 g/mol. The molecule has 1 aromatic heterocycles. The smallest absolute Gasteiger partial charge is 0.329 e. The Morgan fingerprint density at radius 2 is 1.87 bits per heavy atom. The highest BCUT2D eigenvalue weighted by Crippen LogP contribution is 2.24. The second-order valence-corrected chi connectivity index (χ2v) is 7.31. The predicted octanol–water partition coefficient (Wildman–Crippen LogP) is 0.873. The number of aryl methyl sites for hydroxylation is 2. The maximum Gasteiger partial charge on any atom is 0.329 e. The van der Waals surface area contributed by atoms with Gasteiger partial charge >= 0.3 is 5.69 Å². The maximum absolute atomic E-state index is 12.8. The number of benzene rings is 1. The van der Waals surface area contributed by atoms with Crippen molar-refractivity contribution in [2.45, 2.75) is 38.1 Å². The van der Waals surface area contributed by atoms with Gasteiger partial charge in [0.1, 0.15) is 18.9 Å². The van der Waals surface area contributed by atoms with Gasteiger partial charge in [0, 0.05) is 33.3 Å². The van der Waals surface area contributed by atoms with Crippen molar-refractivity contribution >= 4 is 29.1 Å². The zero-order valence-electron chi connectivity index (χ0n) is 17.1. The molecule has 0 aliphatic carbocycles. The Balaban J connectivity index is 1.60. The summed E-state index contributed by atoms with van der Waals surface area (Å²) >= 11 is 0. The molecule has 1 aromatic carbocycles. The summed E-state index contributed by atoms with van der Waals surface area (Å²) in [4.78, 5) is 46.6. The minimum atomic E-state index is -0.673. The summed E-state index contributed by atoms with van der Waals surface area (Å²) in [5.41, 5.74) is 2.26. The number of hydrogen-bond donors (Lipinski definition) is 1. The zero-order chi connectivity index (χ0) is 21.5. The average Bonchev–Trinajstić information content (AvgIpc) is 2.97. The van der Waals surface area contributed by atoms with Crippen molar-refractivity contribution in [3.8, 4) is 0 Å². The van der Waals surface area contributed by atoms with E-state index in [0.29, 0.717) is 31.8 Å². The molecule has 2 heterocycles. The largest absolute Gasteiger partial charge is 0.381 e. The van der Waals surface area contributed by atoms with Gasteiger partial charge in [-0.2, -0.15) is 0 Å². The molecule has 162 valence electrons. The first-order valence-corrected chi connectivity index (χ1v) is 10.2. The molecule has 1 fully saturated rings. The number of ether oxygens (including phenoxy) is 2. The minimum absolute atomic E-state index is 0.121. The molecule has 9 heteroatoms. The number of imide groups is 1. The van der Waals surface area contributed by atoms with Gasteiger partial charge in [-0.05, 0) is 43.4 Å². The fraction of sp³-hybridized carbons (Fsp3) is 0.524. The molecule has 9 nitrogen and oxygen atoms in total. The van der Waals surface area contributed by atoms with Crippen LogP contribution in [0.5, 0.6) is 0 Å². The van der Waals surface area contributed by atoms with E-state index in [9.17, 15) is 19.2 Å². The van der Waals surface area contributed by atoms with Crippen molar-refractivity contribution in [3.05, 3.63) is 34.2 Å². The van der Waals surface area contributed by atoms with Gasteiger partial charge in [0.2, 0.25) is 11.8 Å². The number of aldehydes is 1. The average molecular weight is 417 g/mol. The fourth-order valence-corrected chi connectivity index (χ4v) is 3.67. The van der Waals surface area contributed by atoms with E-state index in [1.165, 1.54) is 4.57 Å². The SMILES string of the molecule is Cn1c(=O)n(C2CCC(=O)NC2=O)c2ccc(CCCOCCCOCC=O)cc21. The summed E-state index contributed by atoms with van der Waals surface area (Å²) in [6, 6.07) is 5.11. The van der Waals surface area contributed by atoms with Crippen LogP contribution in [0.4, 0.5) is 0 Å². The Labute approximate surface area is 173 Å². The summed E-state index contributed by atoms with van der Waals surface area (Å²) in [5, 5.41) is 2.32. The lowest BCUT2D eigenvalue weighted by Crippen LogP contribution is -2.44. The van der Waals surface area contributed by atoms with Crippen LogP contribution in [-0.4, -0.2) is 53.7 Å². The number of carbonyl (C=O) groups excluding carboxylic acids is 3. The van der Waals surface area contributed by atoms with E-state index < -0.39 is 11.9 Å². The van der Waals surface area contributed by atoms with Crippen molar-refractivity contribution in [1.82, 2.24) is 14.5 Å². The number of rotatable bonds is 11. The number of hydrogen-bond acceptors (Lipinski definition) is 6. The standard InChI is InChI=1S/C21H27N3O6/c1-23-18-14-15(4-2-10-29-11-3-12-30-13-9-25)5-6-16(18)24(21(23)28)17-7-8-19(26)22-20(17)27/h5-6,9,14,17H,2-4,7-8,10-13H2,1H3,(H,22,26,27). The Kier molecular flexibility index (Phi) is 7.53. The molecule has 1 N–H and O–H groups in total. The van der Waals surface area contributed by atoms with Crippen molar-refractivity contribution in [1.29, 1.82) is 0 Å². The Hall–Kier alpha value is -2.78. The number of aromatic nitrogens is 2. The number of fused-ring (bicyclic) bond motifs is 1. The molecule has 0 radical (unpaired) electrons. The fourth-order valence-electron chi connectivity index (χ4n) is 3.67. The van der Waals surface area contributed by atoms with Gasteiger partial charge in [-0.1, -0.05) is 6.07 Å². The van der Waals surface area contributed by atoms with Crippen LogP contribution < -0.4 is 11.0 Å². The van der Waals surface area contributed by atoms with Crippen molar-refractivity contribution in [2.75, 3.05) is 26.4 Å². The second-order valence-electron chi connectivity index (χ2n) is 7.31. The Morgan fingerprint density at radius 1 is 1.10 bits per heavy atom. The van der Waals surface area contributed by atoms with Crippen LogP contribution in [0.1, 0.15) is 37.3 Å². The van der Waals surface area contributed by atoms with Crippen LogP contribution >= 0.6 is 0 Å². The van der Waals surface area contributed by atoms with E-state index >= 15 is 0 Å². The monoisotopic (exact) mass is 417 g/mol. The lowest BCUT2D eigenvalue weighted by molar-refractivity contribution is -0.135. The molecule has 0 spiro atoms. The predicted molar refractivity (Wildman–Crippen MR) is 109 cm³/mol. The van der Waals surface area contributed by atoms with Gasteiger partial charge < -0.3 is 14.3 Å². The number of piperidine rings is 1. The highest BCUT2D eigenvalue weighted by atomic mass is 16.5. The summed E-state index contributed by atoms with van der Waals surface area (Å²) in [6.45, 7) is 1.83. The third-order valence-corrected chi connectivity index (χ3v) is 5.19. The van der Waals surface area contributed by atoms with Gasteiger partial charge in [0.15, 0.2) is 0 Å². The number of nitrogens with one attached hydrogen (secondary N) is 1. The van der Waals surface area contributed by atoms with Crippen molar-refractivity contribution in [2.24, 2.45) is 7.05 Å². The summed E-state index contributed by atoms with van der Waals surface area (Å²) < 4.78 is 13.7. The quantitative estimate of drug-likeness (QED) is 0.330. The topological polar surface area (TPSA) is 109 Å². The highest BCUT2D eigenvalue weighted by molar-refractivity contribution is 6.00. The van der Waals surface area contributed by atoms with Gasteiger partial charge in [-0.25, -0.2) is 4.79 Å².